The molecule has 0 bridgehead atoms. The number of nitrogens with two attached hydrogens (primary N) is 6. The van der Waals surface area contributed by atoms with Gasteiger partial charge < -0.3 is 49.7 Å². The molecule has 4 atom stereocenters. The Balaban J connectivity index is -0.000000262. The summed E-state index contributed by atoms with van der Waals surface area (Å²) < 4.78 is 0. The summed E-state index contributed by atoms with van der Waals surface area (Å²) in [4.78, 5) is 29.6. The SMILES string of the molecule is CC(N)[C@H](N)C(=O)O.NCC[C@H](N)C(=O)O.NC[C@H](N)C(=O)O. The van der Waals surface area contributed by atoms with Crippen LogP contribution in [0.3, 0.4) is 0 Å². The quantitative estimate of drug-likeness (QED) is 0.213. The lowest BCUT2D eigenvalue weighted by Crippen LogP contribution is -2.44. The maximum Gasteiger partial charge on any atom is 0.322 e. The third kappa shape index (κ3) is 18.1. The number of hydrogen-bond acceptors (Lipinski definition) is 9. The molecule has 0 amide bonds. The van der Waals surface area contributed by atoms with E-state index in [-0.39, 0.29) is 6.54 Å². The summed E-state index contributed by atoms with van der Waals surface area (Å²) in [5.74, 6) is -3.10. The number of carbonyl (C=O) groups is 3. The standard InChI is InChI=1S/2C4H10N2O2.C3H8N2O2/c1-2(5)3(6)4(7)8;5-2-1-3(6)4(7)8;4-1-2(5)3(6)7/h2-3H,5-6H2,1H3,(H,7,8);3H,1-2,5-6H2,(H,7,8);2H,1,4-5H2,(H,6,7)/t2?,3-;3-;2-/m000/s1. The van der Waals surface area contributed by atoms with Gasteiger partial charge in [-0.3, -0.25) is 14.4 Å². The summed E-state index contributed by atoms with van der Waals surface area (Å²) in [5.41, 5.74) is 30.0. The van der Waals surface area contributed by atoms with Crippen molar-refractivity contribution in [2.75, 3.05) is 13.1 Å². The van der Waals surface area contributed by atoms with Gasteiger partial charge in [-0.15, -0.1) is 0 Å². The van der Waals surface area contributed by atoms with Crippen LogP contribution in [0.25, 0.3) is 0 Å². The highest BCUT2D eigenvalue weighted by Crippen LogP contribution is 1.83. The Bertz CT molecular complexity index is 354. The van der Waals surface area contributed by atoms with Crippen molar-refractivity contribution in [3.8, 4) is 0 Å². The van der Waals surface area contributed by atoms with E-state index in [9.17, 15) is 14.4 Å². The van der Waals surface area contributed by atoms with E-state index in [1.807, 2.05) is 0 Å². The molecule has 0 aliphatic carbocycles. The first kappa shape index (κ1) is 26.1. The highest BCUT2D eigenvalue weighted by molar-refractivity contribution is 5.74. The van der Waals surface area contributed by atoms with E-state index in [1.165, 1.54) is 0 Å². The molecule has 0 aromatic carbocycles. The summed E-state index contributed by atoms with van der Waals surface area (Å²) in [6.45, 7) is 1.88. The second-order valence-corrected chi connectivity index (χ2v) is 4.43. The molecule has 0 fully saturated rings. The summed E-state index contributed by atoms with van der Waals surface area (Å²) >= 11 is 0. The molecule has 0 rings (SSSR count). The highest BCUT2D eigenvalue weighted by Gasteiger charge is 2.14. The van der Waals surface area contributed by atoms with Crippen LogP contribution >= 0.6 is 0 Å². The number of carboxylic acid groups (broad SMARTS) is 3. The molecular formula is C11H28N6O6. The maximum absolute atomic E-state index is 9.94. The first-order chi connectivity index (χ1) is 10.4. The van der Waals surface area contributed by atoms with Crippen molar-refractivity contribution in [1.82, 2.24) is 0 Å². The van der Waals surface area contributed by atoms with Crippen LogP contribution in [0.5, 0.6) is 0 Å². The van der Waals surface area contributed by atoms with Gasteiger partial charge in [-0.2, -0.15) is 0 Å². The van der Waals surface area contributed by atoms with Crippen LogP contribution < -0.4 is 34.4 Å². The number of carboxylic acids is 3. The number of hydrogen-bond donors (Lipinski definition) is 9. The van der Waals surface area contributed by atoms with Gasteiger partial charge in [0.25, 0.3) is 0 Å². The molecule has 0 aliphatic rings. The van der Waals surface area contributed by atoms with E-state index in [0.717, 1.165) is 0 Å². The van der Waals surface area contributed by atoms with E-state index >= 15 is 0 Å². The predicted molar refractivity (Wildman–Crippen MR) is 83.2 cm³/mol. The Labute approximate surface area is 133 Å². The third-order valence-electron chi connectivity index (χ3n) is 2.22. The van der Waals surface area contributed by atoms with Gasteiger partial charge in [-0.1, -0.05) is 0 Å². The van der Waals surface area contributed by atoms with Crippen molar-refractivity contribution in [2.24, 2.45) is 34.4 Å². The van der Waals surface area contributed by atoms with Crippen LogP contribution in [0.1, 0.15) is 13.3 Å². The van der Waals surface area contributed by atoms with Crippen LogP contribution in [-0.2, 0) is 14.4 Å². The molecule has 0 heterocycles. The van der Waals surface area contributed by atoms with Gasteiger partial charge in [0.1, 0.15) is 18.1 Å². The Morgan fingerprint density at radius 2 is 1.22 bits per heavy atom. The van der Waals surface area contributed by atoms with Crippen molar-refractivity contribution in [1.29, 1.82) is 0 Å². The smallest absolute Gasteiger partial charge is 0.322 e. The first-order valence-corrected chi connectivity index (χ1v) is 6.53. The highest BCUT2D eigenvalue weighted by atomic mass is 16.4. The number of rotatable bonds is 7. The monoisotopic (exact) mass is 340 g/mol. The van der Waals surface area contributed by atoms with Crippen LogP contribution in [0.4, 0.5) is 0 Å². The Morgan fingerprint density at radius 3 is 1.26 bits per heavy atom. The van der Waals surface area contributed by atoms with Crippen molar-refractivity contribution in [2.45, 2.75) is 37.5 Å². The van der Waals surface area contributed by atoms with Gasteiger partial charge in [-0.05, 0) is 19.9 Å². The largest absolute Gasteiger partial charge is 0.480 e. The zero-order chi connectivity index (χ0) is 19.2. The molecular weight excluding hydrogens is 312 g/mol. The van der Waals surface area contributed by atoms with Gasteiger partial charge in [0.2, 0.25) is 0 Å². The summed E-state index contributed by atoms with van der Waals surface area (Å²) in [5, 5.41) is 24.3. The number of aliphatic carboxylic acids is 3. The van der Waals surface area contributed by atoms with Crippen LogP contribution in [-0.4, -0.2) is 70.5 Å². The zero-order valence-electron chi connectivity index (χ0n) is 13.0. The molecule has 15 N–H and O–H groups in total. The van der Waals surface area contributed by atoms with Gasteiger partial charge >= 0.3 is 17.9 Å². The molecule has 0 aromatic rings. The minimum atomic E-state index is -1.06. The van der Waals surface area contributed by atoms with E-state index in [0.29, 0.717) is 13.0 Å². The molecule has 12 heteroatoms. The van der Waals surface area contributed by atoms with Crippen LogP contribution in [0.2, 0.25) is 0 Å². The molecule has 0 radical (unpaired) electrons. The molecule has 138 valence electrons. The lowest BCUT2D eigenvalue weighted by molar-refractivity contribution is -0.139. The molecule has 0 saturated heterocycles. The first-order valence-electron chi connectivity index (χ1n) is 6.53. The third-order valence-corrected chi connectivity index (χ3v) is 2.22. The normalized spacial score (nSPS) is 14.7. The average molecular weight is 340 g/mol. The molecule has 0 aromatic heterocycles. The van der Waals surface area contributed by atoms with Gasteiger partial charge in [0.05, 0.1) is 0 Å². The molecule has 0 aliphatic heterocycles. The zero-order valence-corrected chi connectivity index (χ0v) is 13.0. The van der Waals surface area contributed by atoms with Gasteiger partial charge in [-0.25, -0.2) is 0 Å². The fourth-order valence-electron chi connectivity index (χ4n) is 0.629. The van der Waals surface area contributed by atoms with Crippen LogP contribution in [0, 0.1) is 0 Å². The van der Waals surface area contributed by atoms with E-state index in [4.69, 9.17) is 49.7 Å². The summed E-state index contributed by atoms with van der Waals surface area (Å²) in [7, 11) is 0. The Kier molecular flexibility index (Phi) is 17.1. The second-order valence-electron chi connectivity index (χ2n) is 4.43. The predicted octanol–water partition coefficient (Wildman–Crippen LogP) is -4.15. The molecule has 0 saturated carbocycles. The Morgan fingerprint density at radius 1 is 0.826 bits per heavy atom. The summed E-state index contributed by atoms with van der Waals surface area (Å²) in [6, 6.07) is -3.11. The minimum Gasteiger partial charge on any atom is -0.480 e. The minimum absolute atomic E-state index is 0.00463. The Hall–Kier alpha value is -1.83. The van der Waals surface area contributed by atoms with E-state index < -0.39 is 42.1 Å². The lowest BCUT2D eigenvalue weighted by Gasteiger charge is -2.08. The van der Waals surface area contributed by atoms with Crippen molar-refractivity contribution in [3.63, 3.8) is 0 Å². The van der Waals surface area contributed by atoms with E-state index in [1.54, 1.807) is 6.92 Å². The van der Waals surface area contributed by atoms with Crippen molar-refractivity contribution < 1.29 is 29.7 Å². The van der Waals surface area contributed by atoms with Gasteiger partial charge in [0.15, 0.2) is 0 Å². The van der Waals surface area contributed by atoms with Crippen molar-refractivity contribution in [3.05, 3.63) is 0 Å². The molecule has 1 unspecified atom stereocenters. The summed E-state index contributed by atoms with van der Waals surface area (Å²) in [6.07, 6.45) is 0.343. The van der Waals surface area contributed by atoms with E-state index in [2.05, 4.69) is 0 Å². The average Bonchev–Trinajstić information content (AvgIpc) is 2.46. The fourth-order valence-corrected chi connectivity index (χ4v) is 0.629. The van der Waals surface area contributed by atoms with Crippen molar-refractivity contribution >= 4 is 17.9 Å². The molecule has 0 spiro atoms. The lowest BCUT2D eigenvalue weighted by atomic mass is 10.2. The maximum atomic E-state index is 9.94. The second kappa shape index (κ2) is 15.1. The molecule has 23 heavy (non-hydrogen) atoms. The molecule has 12 nitrogen and oxygen atoms in total. The van der Waals surface area contributed by atoms with Gasteiger partial charge in [0, 0.05) is 12.6 Å². The van der Waals surface area contributed by atoms with Crippen LogP contribution in [0.15, 0.2) is 0 Å². The topological polar surface area (TPSA) is 268 Å². The fraction of sp³-hybridized carbons (Fsp3) is 0.727.